The van der Waals surface area contributed by atoms with Crippen LogP contribution in [0.4, 0.5) is 17.1 Å². The Balaban J connectivity index is 1.54. The summed E-state index contributed by atoms with van der Waals surface area (Å²) in [4.78, 5) is 24.0. The minimum atomic E-state index is -0.792. The number of nitrogens with zero attached hydrogens (tertiary/aromatic N) is 1. The summed E-state index contributed by atoms with van der Waals surface area (Å²) in [7, 11) is 1.46. The second kappa shape index (κ2) is 10.3. The number of nitrogens with one attached hydrogen (secondary N) is 3. The first kappa shape index (κ1) is 23.2. The number of thiocarbonyl (C=S) groups is 1. The number of nitro benzene ring substituents is 1. The molecule has 1 aliphatic carbocycles. The summed E-state index contributed by atoms with van der Waals surface area (Å²) in [5, 5.41) is 20.2. The molecule has 0 aromatic heterocycles. The predicted molar refractivity (Wildman–Crippen MR) is 135 cm³/mol. The number of methoxy groups -OCH3 is 1. The van der Waals surface area contributed by atoms with Crippen molar-refractivity contribution in [2.75, 3.05) is 17.7 Å². The van der Waals surface area contributed by atoms with Crippen LogP contribution < -0.4 is 20.7 Å². The number of hydrogen-bond acceptors (Lipinski definition) is 5. The topological polar surface area (TPSA) is 106 Å². The Morgan fingerprint density at radius 3 is 2.53 bits per heavy atom. The highest BCUT2D eigenvalue weighted by Crippen LogP contribution is 2.29. The van der Waals surface area contributed by atoms with Crippen LogP contribution in [0.15, 0.2) is 66.7 Å². The highest BCUT2D eigenvalue weighted by atomic mass is 32.1. The van der Waals surface area contributed by atoms with Gasteiger partial charge in [-0.3, -0.25) is 14.9 Å². The molecular weight excluding hydrogens is 452 g/mol. The van der Waals surface area contributed by atoms with Crippen molar-refractivity contribution in [1.29, 1.82) is 0 Å². The summed E-state index contributed by atoms with van der Waals surface area (Å²) in [6, 6.07) is 18.6. The van der Waals surface area contributed by atoms with E-state index in [9.17, 15) is 14.9 Å². The number of amides is 1. The zero-order valence-electron chi connectivity index (χ0n) is 18.5. The van der Waals surface area contributed by atoms with E-state index in [2.05, 4.69) is 22.0 Å². The van der Waals surface area contributed by atoms with Crippen LogP contribution in [-0.2, 0) is 17.6 Å². The first-order valence-electron chi connectivity index (χ1n) is 10.8. The van der Waals surface area contributed by atoms with Crippen LogP contribution in [0.2, 0.25) is 0 Å². The number of ether oxygens (including phenoxy) is 1. The van der Waals surface area contributed by atoms with E-state index < -0.39 is 11.0 Å². The van der Waals surface area contributed by atoms with E-state index in [-0.39, 0.29) is 16.7 Å². The minimum Gasteiger partial charge on any atom is -0.495 e. The molecule has 174 valence electrons. The quantitative estimate of drug-likeness (QED) is 0.257. The maximum atomic E-state index is 13.3. The zero-order valence-corrected chi connectivity index (χ0v) is 19.4. The molecule has 8 nitrogen and oxygen atoms in total. The third-order valence-electron chi connectivity index (χ3n) is 5.68. The Hall–Kier alpha value is -3.98. The molecule has 0 saturated heterocycles. The smallest absolute Gasteiger partial charge is 0.271 e. The van der Waals surface area contributed by atoms with Crippen molar-refractivity contribution < 1.29 is 14.5 Å². The molecule has 3 aromatic rings. The summed E-state index contributed by atoms with van der Waals surface area (Å²) in [5.74, 6) is 0.105. The molecule has 0 aliphatic heterocycles. The number of hydrogen-bond donors (Lipinski definition) is 3. The molecule has 4 rings (SSSR count). The van der Waals surface area contributed by atoms with E-state index in [4.69, 9.17) is 17.0 Å². The van der Waals surface area contributed by atoms with Gasteiger partial charge in [0.25, 0.3) is 11.6 Å². The standard InChI is InChI=1S/C25H24N4O4S/c1-33-22-13-12-20(29(31)32)15-21(22)27-25(34)28-23(17-6-3-2-4-7-17)24(30)26-19-11-10-16-8-5-9-18(16)14-19/h2-4,6-7,10-15,23H,5,8-9H2,1H3,(H,26,30)(H2,27,28,34). The maximum Gasteiger partial charge on any atom is 0.271 e. The van der Waals surface area contributed by atoms with Gasteiger partial charge in [0, 0.05) is 17.8 Å². The Labute approximate surface area is 202 Å². The van der Waals surface area contributed by atoms with E-state index in [1.165, 1.54) is 36.4 Å². The monoisotopic (exact) mass is 476 g/mol. The lowest BCUT2D eigenvalue weighted by molar-refractivity contribution is -0.384. The minimum absolute atomic E-state index is 0.111. The molecule has 34 heavy (non-hydrogen) atoms. The fourth-order valence-corrected chi connectivity index (χ4v) is 4.23. The summed E-state index contributed by atoms with van der Waals surface area (Å²) < 4.78 is 5.28. The molecule has 0 heterocycles. The normalized spacial score (nSPS) is 12.9. The molecule has 1 aliphatic rings. The van der Waals surface area contributed by atoms with Gasteiger partial charge < -0.3 is 20.7 Å². The fraction of sp³-hybridized carbons (Fsp3) is 0.200. The van der Waals surface area contributed by atoms with Crippen LogP contribution >= 0.6 is 12.2 Å². The van der Waals surface area contributed by atoms with Crippen LogP contribution in [0.25, 0.3) is 0 Å². The maximum absolute atomic E-state index is 13.3. The predicted octanol–water partition coefficient (Wildman–Crippen LogP) is 4.76. The van der Waals surface area contributed by atoms with Crippen LogP contribution in [0.5, 0.6) is 5.75 Å². The number of benzene rings is 3. The van der Waals surface area contributed by atoms with Crippen LogP contribution in [-0.4, -0.2) is 23.1 Å². The molecule has 0 bridgehead atoms. The number of aryl methyl sites for hydroxylation is 2. The van der Waals surface area contributed by atoms with Crippen molar-refractivity contribution in [2.45, 2.75) is 25.3 Å². The molecular formula is C25H24N4O4S. The SMILES string of the molecule is COc1ccc([N+](=O)[O-])cc1NC(=S)NC(C(=O)Nc1ccc2c(c1)CCC2)c1ccccc1. The van der Waals surface area contributed by atoms with Crippen molar-refractivity contribution in [1.82, 2.24) is 5.32 Å². The van der Waals surface area contributed by atoms with Crippen LogP contribution in [0.1, 0.15) is 29.2 Å². The largest absolute Gasteiger partial charge is 0.495 e. The van der Waals surface area contributed by atoms with Gasteiger partial charge in [-0.25, -0.2) is 0 Å². The molecule has 0 spiro atoms. The van der Waals surface area contributed by atoms with Gasteiger partial charge in [-0.15, -0.1) is 0 Å². The number of fused-ring (bicyclic) bond motifs is 1. The van der Waals surface area contributed by atoms with E-state index in [0.29, 0.717) is 11.4 Å². The second-order valence-corrected chi connectivity index (χ2v) is 8.32. The van der Waals surface area contributed by atoms with Crippen molar-refractivity contribution in [2.24, 2.45) is 0 Å². The highest BCUT2D eigenvalue weighted by Gasteiger charge is 2.23. The average Bonchev–Trinajstić information content (AvgIpc) is 3.31. The van der Waals surface area contributed by atoms with Gasteiger partial charge >= 0.3 is 0 Å². The lowest BCUT2D eigenvalue weighted by Gasteiger charge is -2.21. The number of nitro groups is 1. The molecule has 0 saturated carbocycles. The number of non-ortho nitro benzene ring substituents is 1. The van der Waals surface area contributed by atoms with Crippen LogP contribution in [0, 0.1) is 10.1 Å². The van der Waals surface area contributed by atoms with E-state index in [1.807, 2.05) is 42.5 Å². The Morgan fingerprint density at radius 1 is 1.03 bits per heavy atom. The van der Waals surface area contributed by atoms with Crippen molar-refractivity contribution >= 4 is 40.3 Å². The Kier molecular flexibility index (Phi) is 7.03. The van der Waals surface area contributed by atoms with Crippen molar-refractivity contribution in [3.63, 3.8) is 0 Å². The molecule has 0 radical (unpaired) electrons. The lowest BCUT2D eigenvalue weighted by atomic mass is 10.1. The van der Waals surface area contributed by atoms with Gasteiger partial charge in [0.1, 0.15) is 11.8 Å². The summed E-state index contributed by atoms with van der Waals surface area (Å²) in [6.07, 6.45) is 3.21. The highest BCUT2D eigenvalue weighted by molar-refractivity contribution is 7.80. The molecule has 1 atom stereocenters. The van der Waals surface area contributed by atoms with Gasteiger partial charge in [-0.05, 0) is 66.4 Å². The Bertz CT molecular complexity index is 1230. The number of rotatable bonds is 7. The van der Waals surface area contributed by atoms with Gasteiger partial charge in [0.15, 0.2) is 5.11 Å². The molecule has 3 aromatic carbocycles. The summed E-state index contributed by atoms with van der Waals surface area (Å²) in [5.41, 5.74) is 4.24. The third-order valence-corrected chi connectivity index (χ3v) is 5.90. The molecule has 1 amide bonds. The average molecular weight is 477 g/mol. The zero-order chi connectivity index (χ0) is 24.1. The Morgan fingerprint density at radius 2 is 1.79 bits per heavy atom. The lowest BCUT2D eigenvalue weighted by Crippen LogP contribution is -2.39. The summed E-state index contributed by atoms with van der Waals surface area (Å²) >= 11 is 5.45. The molecule has 9 heteroatoms. The summed E-state index contributed by atoms with van der Waals surface area (Å²) in [6.45, 7) is 0. The first-order valence-corrected chi connectivity index (χ1v) is 11.2. The molecule has 0 fully saturated rings. The van der Waals surface area contributed by atoms with Gasteiger partial charge in [-0.2, -0.15) is 0 Å². The number of carbonyl (C=O) groups excluding carboxylic acids is 1. The van der Waals surface area contributed by atoms with Gasteiger partial charge in [0.05, 0.1) is 17.7 Å². The van der Waals surface area contributed by atoms with E-state index >= 15 is 0 Å². The first-order chi connectivity index (χ1) is 16.4. The fourth-order valence-electron chi connectivity index (χ4n) is 4.01. The van der Waals surface area contributed by atoms with Crippen molar-refractivity contribution in [3.05, 3.63) is 93.5 Å². The van der Waals surface area contributed by atoms with E-state index in [1.54, 1.807) is 0 Å². The molecule has 1 unspecified atom stereocenters. The van der Waals surface area contributed by atoms with Crippen molar-refractivity contribution in [3.8, 4) is 5.75 Å². The van der Waals surface area contributed by atoms with Gasteiger partial charge in [0.2, 0.25) is 0 Å². The van der Waals surface area contributed by atoms with Gasteiger partial charge in [-0.1, -0.05) is 36.4 Å². The third kappa shape index (κ3) is 5.32. The molecule has 3 N–H and O–H groups in total. The van der Waals surface area contributed by atoms with E-state index in [0.717, 1.165) is 30.5 Å². The number of carbonyl (C=O) groups is 1. The number of anilines is 2. The second-order valence-electron chi connectivity index (χ2n) is 7.91. The van der Waals surface area contributed by atoms with Crippen LogP contribution in [0.3, 0.4) is 0 Å².